The van der Waals surface area contributed by atoms with Gasteiger partial charge in [-0.15, -0.1) is 0 Å². The zero-order valence-electron chi connectivity index (χ0n) is 7.70. The van der Waals surface area contributed by atoms with Crippen LogP contribution in [0.15, 0.2) is 12.4 Å². The fraction of sp³-hybridized carbons (Fsp3) is 0.667. The molecule has 68 valence electrons. The third-order valence-corrected chi connectivity index (χ3v) is 1.94. The minimum Gasteiger partial charge on any atom is -0.388 e. The molecule has 0 bridgehead atoms. The van der Waals surface area contributed by atoms with Crippen molar-refractivity contribution in [3.63, 3.8) is 0 Å². The largest absolute Gasteiger partial charge is 0.388 e. The molecular weight excluding hydrogens is 152 g/mol. The van der Waals surface area contributed by atoms with Crippen LogP contribution in [0.3, 0.4) is 0 Å². The van der Waals surface area contributed by atoms with Crippen molar-refractivity contribution in [2.75, 3.05) is 0 Å². The fourth-order valence-electron chi connectivity index (χ4n) is 1.18. The number of hydrogen-bond donors (Lipinski definition) is 1. The van der Waals surface area contributed by atoms with Crippen molar-refractivity contribution in [1.29, 1.82) is 0 Å². The van der Waals surface area contributed by atoms with Crippen LogP contribution in [-0.2, 0) is 7.05 Å². The fourth-order valence-corrected chi connectivity index (χ4v) is 1.18. The molecule has 0 fully saturated rings. The van der Waals surface area contributed by atoms with Crippen molar-refractivity contribution >= 4 is 0 Å². The first-order chi connectivity index (χ1) is 5.74. The lowest BCUT2D eigenvalue weighted by molar-refractivity contribution is 0.164. The van der Waals surface area contributed by atoms with Crippen LogP contribution in [0.5, 0.6) is 0 Å². The van der Waals surface area contributed by atoms with Gasteiger partial charge in [0.15, 0.2) is 0 Å². The van der Waals surface area contributed by atoms with Gasteiger partial charge in [0.05, 0.1) is 12.3 Å². The molecule has 0 aliphatic carbocycles. The molecule has 0 saturated carbocycles. The molecule has 0 aromatic carbocycles. The minimum atomic E-state index is -0.335. The standard InChI is InChI=1S/C9H16N2O/c1-3-4-5-9(12)8-6-10-11(2)7-8/h6-7,9,12H,3-5H2,1-2H3. The summed E-state index contributed by atoms with van der Waals surface area (Å²) in [5, 5.41) is 13.6. The Morgan fingerprint density at radius 3 is 2.92 bits per heavy atom. The van der Waals surface area contributed by atoms with Crippen LogP contribution in [0.25, 0.3) is 0 Å². The van der Waals surface area contributed by atoms with Gasteiger partial charge in [0.2, 0.25) is 0 Å². The maximum Gasteiger partial charge on any atom is 0.0820 e. The first kappa shape index (κ1) is 9.26. The average Bonchev–Trinajstić information content (AvgIpc) is 2.47. The van der Waals surface area contributed by atoms with Gasteiger partial charge >= 0.3 is 0 Å². The first-order valence-corrected chi connectivity index (χ1v) is 4.40. The summed E-state index contributed by atoms with van der Waals surface area (Å²) in [5.41, 5.74) is 0.922. The number of unbranched alkanes of at least 4 members (excludes halogenated alkanes) is 1. The third-order valence-electron chi connectivity index (χ3n) is 1.94. The van der Waals surface area contributed by atoms with E-state index in [4.69, 9.17) is 0 Å². The number of aryl methyl sites for hydroxylation is 1. The van der Waals surface area contributed by atoms with Crippen molar-refractivity contribution in [3.05, 3.63) is 18.0 Å². The van der Waals surface area contributed by atoms with Crippen LogP contribution in [0, 0.1) is 0 Å². The van der Waals surface area contributed by atoms with Crippen molar-refractivity contribution in [1.82, 2.24) is 9.78 Å². The molecule has 3 nitrogen and oxygen atoms in total. The topological polar surface area (TPSA) is 38.1 Å². The molecule has 12 heavy (non-hydrogen) atoms. The van der Waals surface area contributed by atoms with Gasteiger partial charge in [0.25, 0.3) is 0 Å². The highest BCUT2D eigenvalue weighted by atomic mass is 16.3. The molecule has 0 aliphatic rings. The first-order valence-electron chi connectivity index (χ1n) is 4.40. The van der Waals surface area contributed by atoms with E-state index in [1.165, 1.54) is 0 Å². The number of aliphatic hydroxyl groups excluding tert-OH is 1. The quantitative estimate of drug-likeness (QED) is 0.742. The summed E-state index contributed by atoms with van der Waals surface area (Å²) in [5.74, 6) is 0. The van der Waals surface area contributed by atoms with E-state index in [0.29, 0.717) is 0 Å². The van der Waals surface area contributed by atoms with Crippen LogP contribution in [0.2, 0.25) is 0 Å². The Kier molecular flexibility index (Phi) is 3.29. The van der Waals surface area contributed by atoms with Gasteiger partial charge in [-0.1, -0.05) is 19.8 Å². The van der Waals surface area contributed by atoms with Gasteiger partial charge in [0.1, 0.15) is 0 Å². The monoisotopic (exact) mass is 168 g/mol. The minimum absolute atomic E-state index is 0.335. The van der Waals surface area contributed by atoms with Gasteiger partial charge in [-0.25, -0.2) is 0 Å². The summed E-state index contributed by atoms with van der Waals surface area (Å²) in [6.07, 6.45) is 6.27. The maximum atomic E-state index is 9.61. The Morgan fingerprint density at radius 2 is 2.42 bits per heavy atom. The molecule has 1 rings (SSSR count). The van der Waals surface area contributed by atoms with Gasteiger partial charge in [-0.2, -0.15) is 5.10 Å². The second-order valence-corrected chi connectivity index (χ2v) is 3.11. The molecule has 1 unspecified atom stereocenters. The SMILES string of the molecule is CCCCC(O)c1cnn(C)c1. The highest BCUT2D eigenvalue weighted by molar-refractivity contribution is 5.07. The Hall–Kier alpha value is -0.830. The van der Waals surface area contributed by atoms with Gasteiger partial charge in [-0.3, -0.25) is 4.68 Å². The highest BCUT2D eigenvalue weighted by Crippen LogP contribution is 2.17. The zero-order valence-corrected chi connectivity index (χ0v) is 7.70. The summed E-state index contributed by atoms with van der Waals surface area (Å²) < 4.78 is 1.71. The molecule has 0 saturated heterocycles. The lowest BCUT2D eigenvalue weighted by Gasteiger charge is -2.05. The number of aliphatic hydroxyl groups is 1. The van der Waals surface area contributed by atoms with Gasteiger partial charge < -0.3 is 5.11 Å². The number of rotatable bonds is 4. The lowest BCUT2D eigenvalue weighted by Crippen LogP contribution is -1.95. The third kappa shape index (κ3) is 2.34. The van der Waals surface area contributed by atoms with Crippen LogP contribution < -0.4 is 0 Å². The normalized spacial score (nSPS) is 13.2. The van der Waals surface area contributed by atoms with E-state index in [-0.39, 0.29) is 6.10 Å². The predicted molar refractivity (Wildman–Crippen MR) is 47.7 cm³/mol. The zero-order chi connectivity index (χ0) is 8.97. The summed E-state index contributed by atoms with van der Waals surface area (Å²) >= 11 is 0. The summed E-state index contributed by atoms with van der Waals surface area (Å²) in [7, 11) is 1.86. The van der Waals surface area contributed by atoms with Crippen molar-refractivity contribution in [2.24, 2.45) is 7.05 Å². The smallest absolute Gasteiger partial charge is 0.0820 e. The van der Waals surface area contributed by atoms with Crippen LogP contribution in [0.1, 0.15) is 37.9 Å². The molecule has 1 N–H and O–H groups in total. The molecule has 0 aliphatic heterocycles. The molecule has 1 aromatic rings. The molecule has 1 atom stereocenters. The Balaban J connectivity index is 2.47. The molecule has 1 heterocycles. The molecule has 0 radical (unpaired) electrons. The number of hydrogen-bond acceptors (Lipinski definition) is 2. The van der Waals surface area contributed by atoms with E-state index in [2.05, 4.69) is 12.0 Å². The molecule has 1 aromatic heterocycles. The second-order valence-electron chi connectivity index (χ2n) is 3.11. The Labute approximate surface area is 73.0 Å². The molecule has 0 amide bonds. The molecular formula is C9H16N2O. The lowest BCUT2D eigenvalue weighted by atomic mass is 10.1. The van der Waals surface area contributed by atoms with Crippen molar-refractivity contribution < 1.29 is 5.11 Å². The van der Waals surface area contributed by atoms with E-state index in [9.17, 15) is 5.11 Å². The van der Waals surface area contributed by atoms with E-state index in [1.807, 2.05) is 13.2 Å². The highest BCUT2D eigenvalue weighted by Gasteiger charge is 2.07. The summed E-state index contributed by atoms with van der Waals surface area (Å²) in [4.78, 5) is 0. The molecule has 3 heteroatoms. The van der Waals surface area contributed by atoms with E-state index in [0.717, 1.165) is 24.8 Å². The predicted octanol–water partition coefficient (Wildman–Crippen LogP) is 1.64. The van der Waals surface area contributed by atoms with Crippen LogP contribution in [0.4, 0.5) is 0 Å². The second kappa shape index (κ2) is 4.26. The Morgan fingerprint density at radius 1 is 1.67 bits per heavy atom. The number of aromatic nitrogens is 2. The van der Waals surface area contributed by atoms with Crippen molar-refractivity contribution in [2.45, 2.75) is 32.3 Å². The van der Waals surface area contributed by atoms with Gasteiger partial charge in [0, 0.05) is 18.8 Å². The molecule has 0 spiro atoms. The summed E-state index contributed by atoms with van der Waals surface area (Å²) in [6.45, 7) is 2.12. The van der Waals surface area contributed by atoms with E-state index < -0.39 is 0 Å². The number of nitrogens with zero attached hydrogens (tertiary/aromatic N) is 2. The Bertz CT molecular complexity index is 232. The van der Waals surface area contributed by atoms with Crippen LogP contribution >= 0.6 is 0 Å². The van der Waals surface area contributed by atoms with E-state index in [1.54, 1.807) is 10.9 Å². The summed E-state index contributed by atoms with van der Waals surface area (Å²) in [6, 6.07) is 0. The maximum absolute atomic E-state index is 9.61. The van der Waals surface area contributed by atoms with Crippen molar-refractivity contribution in [3.8, 4) is 0 Å². The van der Waals surface area contributed by atoms with Gasteiger partial charge in [-0.05, 0) is 6.42 Å². The van der Waals surface area contributed by atoms with Crippen LogP contribution in [-0.4, -0.2) is 14.9 Å². The average molecular weight is 168 g/mol. The van der Waals surface area contributed by atoms with E-state index >= 15 is 0 Å².